The zero-order chi connectivity index (χ0) is 17.5. The fourth-order valence-electron chi connectivity index (χ4n) is 1.81. The number of aromatic nitrogens is 2. The summed E-state index contributed by atoms with van der Waals surface area (Å²) in [6.07, 6.45) is 0.0550. The Balaban J connectivity index is 1.84. The van der Waals surface area contributed by atoms with Crippen molar-refractivity contribution in [3.63, 3.8) is 0 Å². The number of carbonyl (C=O) groups excluding carboxylic acids is 1. The molecule has 0 fully saturated rings. The van der Waals surface area contributed by atoms with Crippen LogP contribution in [0.25, 0.3) is 0 Å². The number of amides is 1. The van der Waals surface area contributed by atoms with Gasteiger partial charge in [0.1, 0.15) is 5.75 Å². The predicted molar refractivity (Wildman–Crippen MR) is 95.8 cm³/mol. The first-order valence-corrected chi connectivity index (χ1v) is 9.25. The van der Waals surface area contributed by atoms with Crippen molar-refractivity contribution >= 4 is 29.0 Å². The van der Waals surface area contributed by atoms with Crippen molar-refractivity contribution in [1.29, 1.82) is 0 Å². The summed E-state index contributed by atoms with van der Waals surface area (Å²) in [6, 6.07) is 7.62. The quantitative estimate of drug-likeness (QED) is 0.723. The molecule has 0 spiro atoms. The topological polar surface area (TPSA) is 73.3 Å². The summed E-state index contributed by atoms with van der Waals surface area (Å²) in [6.45, 7) is 6.17. The maximum absolute atomic E-state index is 12.2. The molecule has 0 bridgehead atoms. The number of ether oxygens (including phenoxy) is 2. The molecule has 6 nitrogen and oxygen atoms in total. The second-order valence-electron chi connectivity index (χ2n) is 5.33. The highest BCUT2D eigenvalue weighted by Gasteiger charge is 2.17. The lowest BCUT2D eigenvalue weighted by atomic mass is 10.2. The number of hydrogen-bond donors (Lipinski definition) is 1. The first-order valence-electron chi connectivity index (χ1n) is 7.55. The Hall–Kier alpha value is -1.80. The van der Waals surface area contributed by atoms with Crippen LogP contribution in [0.4, 0.5) is 0 Å². The smallest absolute Gasteiger partial charge is 0.295 e. The minimum Gasteiger partial charge on any atom is -0.497 e. The minimum absolute atomic E-state index is 0.0515. The Labute approximate surface area is 150 Å². The summed E-state index contributed by atoms with van der Waals surface area (Å²) in [5.74, 6) is 0.722. The number of carbonyl (C=O) groups is 1. The van der Waals surface area contributed by atoms with Crippen molar-refractivity contribution in [2.75, 3.05) is 7.11 Å². The van der Waals surface area contributed by atoms with Gasteiger partial charge in [-0.25, -0.2) is 0 Å². The van der Waals surface area contributed by atoms with Gasteiger partial charge in [0.15, 0.2) is 4.34 Å². The number of thioether (sulfide) groups is 1. The van der Waals surface area contributed by atoms with E-state index in [0.717, 1.165) is 15.7 Å². The first kappa shape index (κ1) is 18.5. The largest absolute Gasteiger partial charge is 0.497 e. The summed E-state index contributed by atoms with van der Waals surface area (Å²) in [5.41, 5.74) is 0.989. The Kier molecular flexibility index (Phi) is 6.86. The molecule has 0 saturated heterocycles. The van der Waals surface area contributed by atoms with Gasteiger partial charge in [0, 0.05) is 6.54 Å². The van der Waals surface area contributed by atoms with Gasteiger partial charge in [-0.05, 0) is 49.8 Å². The molecule has 1 atom stereocenters. The summed E-state index contributed by atoms with van der Waals surface area (Å²) in [7, 11) is 1.62. The highest BCUT2D eigenvalue weighted by Crippen LogP contribution is 2.30. The molecule has 0 unspecified atom stereocenters. The lowest BCUT2D eigenvalue weighted by Gasteiger charge is -2.11. The van der Waals surface area contributed by atoms with Crippen molar-refractivity contribution in [3.05, 3.63) is 29.8 Å². The second-order valence-corrected chi connectivity index (χ2v) is 7.86. The number of benzene rings is 1. The predicted octanol–water partition coefficient (Wildman–Crippen LogP) is 3.13. The van der Waals surface area contributed by atoms with E-state index < -0.39 is 0 Å². The van der Waals surface area contributed by atoms with E-state index in [-0.39, 0.29) is 17.3 Å². The van der Waals surface area contributed by atoms with Gasteiger partial charge in [-0.3, -0.25) is 4.79 Å². The van der Waals surface area contributed by atoms with Crippen LogP contribution in [0.5, 0.6) is 10.9 Å². The van der Waals surface area contributed by atoms with E-state index in [1.54, 1.807) is 7.11 Å². The van der Waals surface area contributed by atoms with Crippen LogP contribution in [-0.4, -0.2) is 34.6 Å². The van der Waals surface area contributed by atoms with E-state index in [1.807, 2.05) is 45.0 Å². The van der Waals surface area contributed by atoms with E-state index in [2.05, 4.69) is 15.5 Å². The molecule has 1 N–H and O–H groups in total. The van der Waals surface area contributed by atoms with Gasteiger partial charge in [0.2, 0.25) is 5.91 Å². The molecule has 1 amide bonds. The second kappa shape index (κ2) is 8.89. The average molecular weight is 367 g/mol. The molecule has 130 valence electrons. The van der Waals surface area contributed by atoms with Crippen LogP contribution in [0.1, 0.15) is 26.3 Å². The molecule has 1 aromatic carbocycles. The van der Waals surface area contributed by atoms with Crippen LogP contribution >= 0.6 is 23.1 Å². The van der Waals surface area contributed by atoms with Crippen LogP contribution in [0, 0.1) is 0 Å². The molecule has 0 aliphatic carbocycles. The molecule has 8 heteroatoms. The van der Waals surface area contributed by atoms with E-state index in [4.69, 9.17) is 9.47 Å². The third kappa shape index (κ3) is 5.68. The lowest BCUT2D eigenvalue weighted by molar-refractivity contribution is -0.120. The summed E-state index contributed by atoms with van der Waals surface area (Å²) in [4.78, 5) is 12.2. The highest BCUT2D eigenvalue weighted by atomic mass is 32.2. The van der Waals surface area contributed by atoms with Gasteiger partial charge < -0.3 is 14.8 Å². The summed E-state index contributed by atoms with van der Waals surface area (Å²) < 4.78 is 11.4. The van der Waals surface area contributed by atoms with E-state index >= 15 is 0 Å². The Bertz CT molecular complexity index is 676. The first-order chi connectivity index (χ1) is 11.5. The Morgan fingerprint density at radius 3 is 2.83 bits per heavy atom. The van der Waals surface area contributed by atoms with Crippen molar-refractivity contribution in [1.82, 2.24) is 15.5 Å². The molecule has 2 aromatic rings. The fourth-order valence-corrected chi connectivity index (χ4v) is 3.79. The van der Waals surface area contributed by atoms with Gasteiger partial charge in [0.05, 0.1) is 18.5 Å². The van der Waals surface area contributed by atoms with Crippen LogP contribution in [0.15, 0.2) is 28.6 Å². The lowest BCUT2D eigenvalue weighted by Crippen LogP contribution is -2.30. The average Bonchev–Trinajstić information content (AvgIpc) is 2.98. The van der Waals surface area contributed by atoms with Gasteiger partial charge in [-0.15, -0.1) is 5.10 Å². The van der Waals surface area contributed by atoms with E-state index in [0.29, 0.717) is 11.7 Å². The SMILES string of the molecule is COc1cccc(CNC(=O)[C@H](C)Sc2nnc(OC(C)C)s2)c1. The van der Waals surface area contributed by atoms with Crippen LogP contribution in [0.2, 0.25) is 0 Å². The monoisotopic (exact) mass is 367 g/mol. The Morgan fingerprint density at radius 1 is 1.33 bits per heavy atom. The molecular weight excluding hydrogens is 346 g/mol. The molecule has 0 radical (unpaired) electrons. The Morgan fingerprint density at radius 2 is 2.12 bits per heavy atom. The van der Waals surface area contributed by atoms with Crippen molar-refractivity contribution < 1.29 is 14.3 Å². The summed E-state index contributed by atoms with van der Waals surface area (Å²) in [5, 5.41) is 11.2. The third-order valence-corrected chi connectivity index (χ3v) is 4.97. The molecule has 0 saturated carbocycles. The molecule has 0 aliphatic rings. The molecule has 24 heavy (non-hydrogen) atoms. The van der Waals surface area contributed by atoms with Gasteiger partial charge in [0.25, 0.3) is 5.19 Å². The van der Waals surface area contributed by atoms with Crippen LogP contribution in [0.3, 0.4) is 0 Å². The number of nitrogens with zero attached hydrogens (tertiary/aromatic N) is 2. The number of nitrogens with one attached hydrogen (secondary N) is 1. The molecule has 1 aromatic heterocycles. The maximum atomic E-state index is 12.2. The van der Waals surface area contributed by atoms with Crippen molar-refractivity contribution in [2.45, 2.75) is 43.0 Å². The summed E-state index contributed by atoms with van der Waals surface area (Å²) >= 11 is 2.72. The van der Waals surface area contributed by atoms with E-state index in [1.165, 1.54) is 23.1 Å². The number of rotatable bonds is 8. The van der Waals surface area contributed by atoms with Crippen molar-refractivity contribution in [2.24, 2.45) is 0 Å². The normalized spacial score (nSPS) is 12.0. The number of methoxy groups -OCH3 is 1. The zero-order valence-electron chi connectivity index (χ0n) is 14.1. The van der Waals surface area contributed by atoms with Gasteiger partial charge in [-0.1, -0.05) is 29.0 Å². The number of hydrogen-bond acceptors (Lipinski definition) is 7. The molecule has 0 aliphatic heterocycles. The maximum Gasteiger partial charge on any atom is 0.295 e. The van der Waals surface area contributed by atoms with Gasteiger partial charge >= 0.3 is 0 Å². The van der Waals surface area contributed by atoms with Crippen molar-refractivity contribution in [3.8, 4) is 10.9 Å². The van der Waals surface area contributed by atoms with Crippen LogP contribution < -0.4 is 14.8 Å². The molecular formula is C16H21N3O3S2. The van der Waals surface area contributed by atoms with E-state index in [9.17, 15) is 4.79 Å². The minimum atomic E-state index is -0.268. The third-order valence-electron chi connectivity index (χ3n) is 2.97. The van der Waals surface area contributed by atoms with Gasteiger partial charge in [-0.2, -0.15) is 0 Å². The fraction of sp³-hybridized carbons (Fsp3) is 0.438. The highest BCUT2D eigenvalue weighted by molar-refractivity contribution is 8.02. The standard InChI is InChI=1S/C16H21N3O3S2/c1-10(2)22-15-18-19-16(24-15)23-11(3)14(20)17-9-12-6-5-7-13(8-12)21-4/h5-8,10-11H,9H2,1-4H3,(H,17,20)/t11-/m0/s1. The molecule has 1 heterocycles. The molecule has 2 rings (SSSR count). The van der Waals surface area contributed by atoms with Crippen LogP contribution in [-0.2, 0) is 11.3 Å². The zero-order valence-corrected chi connectivity index (χ0v) is 15.7.